The predicted molar refractivity (Wildman–Crippen MR) is 57.5 cm³/mol. The Morgan fingerprint density at radius 3 is 2.62 bits per heavy atom. The molecule has 0 saturated heterocycles. The third-order valence-corrected chi connectivity index (χ3v) is 2.53. The maximum atomic E-state index is 3.96. The zero-order valence-corrected chi connectivity index (χ0v) is 7.87. The minimum Gasteiger partial charge on any atom is -0.265 e. The van der Waals surface area contributed by atoms with Crippen molar-refractivity contribution in [3.8, 4) is 0 Å². The first kappa shape index (κ1) is 8.20. The molecule has 2 heterocycles. The summed E-state index contributed by atoms with van der Waals surface area (Å²) in [5.74, 6) is 0. The van der Waals surface area contributed by atoms with Crippen molar-refractivity contribution in [3.63, 3.8) is 0 Å². The van der Waals surface area contributed by atoms with Crippen molar-refractivity contribution in [1.29, 1.82) is 0 Å². The zero-order valence-electron chi connectivity index (χ0n) is 7.05. The van der Waals surface area contributed by atoms with Crippen molar-refractivity contribution in [2.24, 2.45) is 0 Å². The van der Waals surface area contributed by atoms with Crippen molar-refractivity contribution >= 4 is 23.5 Å². The number of pyridine rings is 1. The van der Waals surface area contributed by atoms with E-state index in [1.807, 2.05) is 12.1 Å². The van der Waals surface area contributed by atoms with Crippen molar-refractivity contribution in [2.75, 3.05) is 0 Å². The van der Waals surface area contributed by atoms with Crippen molar-refractivity contribution in [1.82, 2.24) is 4.98 Å². The number of hydrogen-bond acceptors (Lipinski definition) is 2. The molecular formula is C11H9NS. The van der Waals surface area contributed by atoms with Crippen molar-refractivity contribution < 1.29 is 0 Å². The van der Waals surface area contributed by atoms with E-state index in [9.17, 15) is 0 Å². The predicted octanol–water partition coefficient (Wildman–Crippen LogP) is 3.31. The molecule has 2 heteroatoms. The fraction of sp³-hybridized carbons (Fsp3) is 0. The quantitative estimate of drug-likeness (QED) is 0.702. The molecule has 0 aliphatic carbocycles. The van der Waals surface area contributed by atoms with E-state index in [-0.39, 0.29) is 0 Å². The highest BCUT2D eigenvalue weighted by Gasteiger charge is 1.86. The molecule has 2 aromatic heterocycles. The first-order valence-electron chi connectivity index (χ1n) is 4.07. The molecule has 0 spiro atoms. The molecule has 0 N–H and O–H groups in total. The Hall–Kier alpha value is -1.41. The van der Waals surface area contributed by atoms with E-state index in [4.69, 9.17) is 0 Å². The van der Waals surface area contributed by atoms with Crippen LogP contribution in [0.3, 0.4) is 0 Å². The van der Waals surface area contributed by atoms with Crippen LogP contribution in [0.1, 0.15) is 10.4 Å². The van der Waals surface area contributed by atoms with Crippen LogP contribution in [0.25, 0.3) is 12.2 Å². The lowest BCUT2D eigenvalue weighted by atomic mass is 10.2. The molecule has 64 valence electrons. The molecule has 0 unspecified atom stereocenters. The van der Waals surface area contributed by atoms with Crippen molar-refractivity contribution in [3.05, 3.63) is 52.5 Å². The first-order chi connectivity index (χ1) is 6.45. The van der Waals surface area contributed by atoms with Crippen LogP contribution >= 0.6 is 11.3 Å². The van der Waals surface area contributed by atoms with Gasteiger partial charge in [0.1, 0.15) is 0 Å². The highest BCUT2D eigenvalue weighted by atomic mass is 32.1. The van der Waals surface area contributed by atoms with Gasteiger partial charge >= 0.3 is 0 Å². The van der Waals surface area contributed by atoms with Crippen molar-refractivity contribution in [2.45, 2.75) is 0 Å². The van der Waals surface area contributed by atoms with E-state index in [0.29, 0.717) is 0 Å². The van der Waals surface area contributed by atoms with Gasteiger partial charge in [0.15, 0.2) is 0 Å². The molecule has 13 heavy (non-hydrogen) atoms. The number of thiophene rings is 1. The largest absolute Gasteiger partial charge is 0.265 e. The Balaban J connectivity index is 2.15. The molecule has 0 saturated carbocycles. The average molecular weight is 187 g/mol. The molecule has 0 aliphatic rings. The van der Waals surface area contributed by atoms with Crippen LogP contribution in [-0.2, 0) is 0 Å². The van der Waals surface area contributed by atoms with Crippen LogP contribution in [-0.4, -0.2) is 4.98 Å². The second-order valence-corrected chi connectivity index (χ2v) is 3.61. The maximum Gasteiger partial charge on any atom is 0.0273 e. The third kappa shape index (κ3) is 2.26. The molecule has 0 aliphatic heterocycles. The first-order valence-corrected chi connectivity index (χ1v) is 4.95. The minimum absolute atomic E-state index is 1.18. The van der Waals surface area contributed by atoms with Crippen LogP contribution in [0.5, 0.6) is 0 Å². The lowest BCUT2D eigenvalue weighted by molar-refractivity contribution is 1.32. The summed E-state index contributed by atoms with van der Waals surface area (Å²) in [5.41, 5.74) is 1.18. The normalized spacial score (nSPS) is 10.8. The Kier molecular flexibility index (Phi) is 2.53. The van der Waals surface area contributed by atoms with Crippen LogP contribution in [0, 0.1) is 0 Å². The molecule has 1 nitrogen and oxygen atoms in total. The van der Waals surface area contributed by atoms with Gasteiger partial charge in [-0.15, -0.1) is 11.3 Å². The van der Waals surface area contributed by atoms with E-state index in [0.717, 1.165) is 0 Å². The van der Waals surface area contributed by atoms with E-state index >= 15 is 0 Å². The van der Waals surface area contributed by atoms with E-state index in [1.54, 1.807) is 23.7 Å². The van der Waals surface area contributed by atoms with Gasteiger partial charge in [-0.3, -0.25) is 4.98 Å². The maximum absolute atomic E-state index is 3.96. The van der Waals surface area contributed by atoms with Gasteiger partial charge in [0, 0.05) is 17.3 Å². The van der Waals surface area contributed by atoms with Crippen LogP contribution in [0.15, 0.2) is 42.0 Å². The highest BCUT2D eigenvalue weighted by molar-refractivity contribution is 7.10. The number of hydrogen-bond donors (Lipinski definition) is 0. The topological polar surface area (TPSA) is 12.9 Å². The number of aromatic nitrogens is 1. The summed E-state index contributed by atoms with van der Waals surface area (Å²) in [7, 11) is 0. The molecule has 2 aromatic rings. The average Bonchev–Trinajstić information content (AvgIpc) is 2.69. The lowest BCUT2D eigenvalue weighted by Crippen LogP contribution is -1.71. The molecule has 0 amide bonds. The summed E-state index contributed by atoms with van der Waals surface area (Å²) in [6.45, 7) is 0. The van der Waals surface area contributed by atoms with Gasteiger partial charge in [0.05, 0.1) is 0 Å². The molecule has 0 atom stereocenters. The van der Waals surface area contributed by atoms with Gasteiger partial charge in [-0.2, -0.15) is 0 Å². The summed E-state index contributed by atoms with van der Waals surface area (Å²) in [6, 6.07) is 8.13. The van der Waals surface area contributed by atoms with Gasteiger partial charge in [-0.05, 0) is 35.2 Å². The molecular weight excluding hydrogens is 178 g/mol. The summed E-state index contributed by atoms with van der Waals surface area (Å²) < 4.78 is 0. The fourth-order valence-corrected chi connectivity index (χ4v) is 1.66. The highest BCUT2D eigenvalue weighted by Crippen LogP contribution is 2.12. The van der Waals surface area contributed by atoms with Crippen LogP contribution in [0.2, 0.25) is 0 Å². The lowest BCUT2D eigenvalue weighted by Gasteiger charge is -1.89. The van der Waals surface area contributed by atoms with Crippen LogP contribution in [0.4, 0.5) is 0 Å². The van der Waals surface area contributed by atoms with E-state index < -0.39 is 0 Å². The standard InChI is InChI=1S/C11H9NS/c1-2-11(13-9-1)4-3-10-5-7-12-8-6-10/h1-9H/b4-3+. The molecule has 0 fully saturated rings. The van der Waals surface area contributed by atoms with E-state index in [2.05, 4.69) is 34.6 Å². The zero-order chi connectivity index (χ0) is 8.93. The second kappa shape index (κ2) is 4.01. The van der Waals surface area contributed by atoms with Crippen LogP contribution < -0.4 is 0 Å². The van der Waals surface area contributed by atoms with Gasteiger partial charge in [0.25, 0.3) is 0 Å². The molecule has 0 bridgehead atoms. The Labute approximate surface area is 81.4 Å². The van der Waals surface area contributed by atoms with E-state index in [1.165, 1.54) is 10.4 Å². The Bertz CT molecular complexity index is 376. The van der Waals surface area contributed by atoms with Gasteiger partial charge < -0.3 is 0 Å². The molecule has 0 aromatic carbocycles. The smallest absolute Gasteiger partial charge is 0.0273 e. The van der Waals surface area contributed by atoms with Gasteiger partial charge in [0.2, 0.25) is 0 Å². The molecule has 0 radical (unpaired) electrons. The Morgan fingerprint density at radius 1 is 1.08 bits per heavy atom. The summed E-state index contributed by atoms with van der Waals surface area (Å²) >= 11 is 1.74. The van der Waals surface area contributed by atoms with Gasteiger partial charge in [-0.25, -0.2) is 0 Å². The second-order valence-electron chi connectivity index (χ2n) is 2.63. The Morgan fingerprint density at radius 2 is 1.92 bits per heavy atom. The van der Waals surface area contributed by atoms with Gasteiger partial charge in [-0.1, -0.05) is 12.1 Å². The number of rotatable bonds is 2. The summed E-state index contributed by atoms with van der Waals surface area (Å²) in [5, 5.41) is 2.08. The summed E-state index contributed by atoms with van der Waals surface area (Å²) in [6.07, 6.45) is 7.80. The number of nitrogens with zero attached hydrogens (tertiary/aromatic N) is 1. The summed E-state index contributed by atoms with van der Waals surface area (Å²) in [4.78, 5) is 5.23. The monoisotopic (exact) mass is 187 g/mol. The third-order valence-electron chi connectivity index (χ3n) is 1.69. The molecule has 2 rings (SSSR count). The SMILES string of the molecule is C(=C\c1cccs1)/c1ccncc1. The minimum atomic E-state index is 1.18. The fourth-order valence-electron chi connectivity index (χ4n) is 1.04.